The van der Waals surface area contributed by atoms with Crippen LogP contribution in [0.1, 0.15) is 76.1 Å². The van der Waals surface area contributed by atoms with Gasteiger partial charge in [0.2, 0.25) is 0 Å². The number of azide groups is 2. The van der Waals surface area contributed by atoms with Crippen LogP contribution in [0.3, 0.4) is 0 Å². The van der Waals surface area contributed by atoms with E-state index in [4.69, 9.17) is 56.8 Å². The van der Waals surface area contributed by atoms with E-state index >= 15 is 0 Å². The molecule has 27 nitrogen and oxygen atoms in total. The highest BCUT2D eigenvalue weighted by Crippen LogP contribution is 2.39. The van der Waals surface area contributed by atoms with Crippen LogP contribution >= 0.6 is 0 Å². The second-order valence-corrected chi connectivity index (χ2v) is 20.8. The van der Waals surface area contributed by atoms with Gasteiger partial charge in [-0.2, -0.15) is 0 Å². The van der Waals surface area contributed by atoms with Crippen molar-refractivity contribution in [3.8, 4) is 0 Å². The molecule has 0 saturated carbocycles. The van der Waals surface area contributed by atoms with Crippen LogP contribution in [-0.2, 0) is 66.4 Å². The number of aliphatic hydroxyl groups excluding tert-OH is 2. The largest absolute Gasteiger partial charge is 0.479 e. The summed E-state index contributed by atoms with van der Waals surface area (Å²) in [6, 6.07) is 31.4. The number of hydrogen-bond donors (Lipinski definition) is 3. The molecular weight excluding hydrogens is 1130 g/mol. The third-order valence-corrected chi connectivity index (χ3v) is 15.3. The maximum absolute atomic E-state index is 13.1. The molecule has 0 radical (unpaired) electrons. The minimum Gasteiger partial charge on any atom is -0.479 e. The Hall–Kier alpha value is -8.04. The van der Waals surface area contributed by atoms with Gasteiger partial charge in [-0.05, 0) is 78.4 Å². The van der Waals surface area contributed by atoms with Crippen LogP contribution in [0.4, 0.5) is 0 Å². The first kappa shape index (κ1) is 65.5. The van der Waals surface area contributed by atoms with Crippen LogP contribution in [0.2, 0.25) is 0 Å². The topological polar surface area (TPSA) is 371 Å². The first-order valence-electron chi connectivity index (χ1n) is 27.5. The number of aliphatic carboxylic acids is 1. The first-order chi connectivity index (χ1) is 41.3. The van der Waals surface area contributed by atoms with Crippen molar-refractivity contribution >= 4 is 35.8 Å². The Morgan fingerprint density at radius 2 is 0.860 bits per heavy atom. The molecule has 8 rings (SSSR count). The van der Waals surface area contributed by atoms with E-state index < -0.39 is 158 Å². The Labute approximate surface area is 493 Å². The van der Waals surface area contributed by atoms with Crippen LogP contribution in [0, 0.1) is 23.7 Å². The summed E-state index contributed by atoms with van der Waals surface area (Å²) < 4.78 is 69.1. The Kier molecular flexibility index (Phi) is 23.5. The Bertz CT molecular complexity index is 3020. The summed E-state index contributed by atoms with van der Waals surface area (Å²) in [5.41, 5.74) is 19.5. The van der Waals surface area contributed by atoms with Gasteiger partial charge < -0.3 is 72.2 Å². The second kappa shape index (κ2) is 30.9. The number of aliphatic hydroxyl groups is 2. The molecular formula is C59H68N6O21. The average molecular weight is 1200 g/mol. The van der Waals surface area contributed by atoms with Gasteiger partial charge in [-0.15, -0.1) is 0 Å². The fourth-order valence-corrected chi connectivity index (χ4v) is 10.4. The van der Waals surface area contributed by atoms with Crippen LogP contribution < -0.4 is 0 Å². The summed E-state index contributed by atoms with van der Waals surface area (Å²) in [5.74, 6) is -7.89. The lowest BCUT2D eigenvalue weighted by Gasteiger charge is -2.47. The number of carboxylic acid groups (broad SMARTS) is 1. The standard InChI is InChI=1S/C30H35N3O10.C29H33N3O11/c1-16-22(32-33-31)18(3)40-21(15-39-27(35)19-11-7-5-8-12-19)24(16)42-30-25(41-28(36)20-13-9-6-10-14-20)17(2)23(34)26(43-30)29(37)38-4;1-15-20(31-32-30)28(38-3)40-19(14-39-26(36)17-10-6-4-7-11-17)22(15)42-29-23(16(2)21(33)24(43-29)25(34)35)41-27(37)18-12-8-5-9-13-18/h5-14,16-18,21-26,30,34H,15H2,1-4H3;4-13,15-16,19-24,28-29,33H,14H2,1-3H3,(H,34,35)/t16-,17+,18-,21?,22?,23+,24+,25?,26?,30-;15-,16+,19?,20?,21+,22+,23?,24?,28+,29-/m11/s1. The molecule has 0 amide bonds. The number of benzene rings is 4. The first-order valence-corrected chi connectivity index (χ1v) is 27.5. The van der Waals surface area contributed by atoms with Crippen LogP contribution in [-0.4, -0.2) is 177 Å². The predicted octanol–water partition coefficient (Wildman–Crippen LogP) is 6.40. The maximum atomic E-state index is 13.1. The van der Waals surface area contributed by atoms with Crippen molar-refractivity contribution in [3.05, 3.63) is 164 Å². The second-order valence-electron chi connectivity index (χ2n) is 20.8. The molecule has 4 fully saturated rings. The molecule has 8 unspecified atom stereocenters. The molecule has 20 atom stereocenters. The number of rotatable bonds is 19. The van der Waals surface area contributed by atoms with E-state index in [-0.39, 0.29) is 24.3 Å². The predicted molar refractivity (Wildman–Crippen MR) is 296 cm³/mol. The van der Waals surface area contributed by atoms with Gasteiger partial charge in [0.25, 0.3) is 0 Å². The molecule has 86 heavy (non-hydrogen) atoms. The number of ether oxygens (including phenoxy) is 12. The van der Waals surface area contributed by atoms with Gasteiger partial charge >= 0.3 is 35.8 Å². The van der Waals surface area contributed by atoms with Gasteiger partial charge in [0, 0.05) is 28.8 Å². The summed E-state index contributed by atoms with van der Waals surface area (Å²) in [7, 11) is 2.51. The monoisotopic (exact) mass is 1200 g/mol. The molecule has 0 aliphatic carbocycles. The molecule has 27 heteroatoms. The van der Waals surface area contributed by atoms with Crippen LogP contribution in [0.15, 0.2) is 132 Å². The lowest BCUT2D eigenvalue weighted by atomic mass is 9.86. The number of carboxylic acids is 1. The SMILES string of the molecule is COC(=O)C1O[C@@H](O[C@@H]2C(COC(=O)c3ccccc3)O[C@H](C)C(N=[N+]=[N-])[C@H]2C)C(OC(=O)c2ccccc2)[C@@H](C)[C@@H]1O.CO[C@H]1OC(COC(=O)c2ccccc2)[C@@H](O[C@@H]2OC(C(=O)O)[C@@H](O)[C@H](C)C2OC(=O)c2ccccc2)[C@H](C)C1N=[N+]=[N-]. The molecule has 460 valence electrons. The normalized spacial score (nSPS) is 32.2. The number of hydrogen-bond acceptors (Lipinski definition) is 22. The lowest BCUT2D eigenvalue weighted by molar-refractivity contribution is -0.327. The number of esters is 5. The number of carbonyl (C=O) groups excluding carboxylic acids is 5. The molecule has 4 saturated heterocycles. The molecule has 3 N–H and O–H groups in total. The quantitative estimate of drug-likeness (QED) is 0.0300. The molecule has 4 aliphatic rings. The third-order valence-electron chi connectivity index (χ3n) is 15.3. The Morgan fingerprint density at radius 1 is 0.488 bits per heavy atom. The van der Waals surface area contributed by atoms with Gasteiger partial charge in [0.1, 0.15) is 25.4 Å². The summed E-state index contributed by atoms with van der Waals surface area (Å²) >= 11 is 0. The maximum Gasteiger partial charge on any atom is 0.338 e. The van der Waals surface area contributed by atoms with Gasteiger partial charge in [-0.25, -0.2) is 28.8 Å². The fourth-order valence-electron chi connectivity index (χ4n) is 10.4. The van der Waals surface area contributed by atoms with Crippen molar-refractivity contribution in [2.24, 2.45) is 33.9 Å². The van der Waals surface area contributed by atoms with E-state index in [0.717, 1.165) is 7.11 Å². The lowest BCUT2D eigenvalue weighted by Crippen LogP contribution is -2.62. The third kappa shape index (κ3) is 15.9. The number of carbonyl (C=O) groups is 6. The number of methoxy groups -OCH3 is 2. The molecule has 0 spiro atoms. The van der Waals surface area contributed by atoms with Gasteiger partial charge in [-0.1, -0.05) is 111 Å². The van der Waals surface area contributed by atoms with Crippen molar-refractivity contribution < 1.29 is 101 Å². The summed E-state index contributed by atoms with van der Waals surface area (Å²) in [5, 5.41) is 39.0. The highest BCUT2D eigenvalue weighted by Gasteiger charge is 2.55. The molecule has 0 bridgehead atoms. The van der Waals surface area contributed by atoms with Crippen LogP contribution in [0.25, 0.3) is 20.9 Å². The van der Waals surface area contributed by atoms with Crippen molar-refractivity contribution in [2.45, 2.75) is 133 Å². The minimum absolute atomic E-state index is 0.217. The van der Waals surface area contributed by atoms with E-state index in [1.54, 1.807) is 137 Å². The van der Waals surface area contributed by atoms with Gasteiger partial charge in [0.05, 0.1) is 72.0 Å². The zero-order valence-corrected chi connectivity index (χ0v) is 47.9. The van der Waals surface area contributed by atoms with Crippen molar-refractivity contribution in [1.82, 2.24) is 0 Å². The molecule has 4 aromatic carbocycles. The molecule has 4 aromatic rings. The summed E-state index contributed by atoms with van der Waals surface area (Å²) in [6.07, 6.45) is -16.9. The average Bonchev–Trinajstić information content (AvgIpc) is 1.79. The van der Waals surface area contributed by atoms with Crippen molar-refractivity contribution in [2.75, 3.05) is 27.4 Å². The highest BCUT2D eigenvalue weighted by atomic mass is 16.8. The van der Waals surface area contributed by atoms with Gasteiger partial charge in [0.15, 0.2) is 43.3 Å². The highest BCUT2D eigenvalue weighted by molar-refractivity contribution is 5.91. The van der Waals surface area contributed by atoms with Crippen LogP contribution in [0.5, 0.6) is 0 Å². The molecule has 4 heterocycles. The van der Waals surface area contributed by atoms with E-state index in [2.05, 4.69) is 20.1 Å². The van der Waals surface area contributed by atoms with Gasteiger partial charge in [-0.3, -0.25) is 0 Å². The zero-order valence-electron chi connectivity index (χ0n) is 47.9. The Morgan fingerprint density at radius 3 is 1.26 bits per heavy atom. The van der Waals surface area contributed by atoms with E-state index in [9.17, 15) is 55.1 Å². The Balaban J connectivity index is 0.000000246. The molecule has 0 aromatic heterocycles. The fraction of sp³-hybridized carbons (Fsp3) is 0.492. The number of nitrogens with zero attached hydrogens (tertiary/aromatic N) is 6. The van der Waals surface area contributed by atoms with E-state index in [0.29, 0.717) is 11.1 Å². The summed E-state index contributed by atoms with van der Waals surface area (Å²) in [6.45, 7) is 7.73. The van der Waals surface area contributed by atoms with Crippen molar-refractivity contribution in [1.29, 1.82) is 0 Å². The zero-order chi connectivity index (χ0) is 62.2. The van der Waals surface area contributed by atoms with E-state index in [1.807, 2.05) is 0 Å². The minimum atomic E-state index is -1.71. The van der Waals surface area contributed by atoms with Crippen molar-refractivity contribution in [3.63, 3.8) is 0 Å². The molecule has 4 aliphatic heterocycles. The smallest absolute Gasteiger partial charge is 0.338 e. The summed E-state index contributed by atoms with van der Waals surface area (Å²) in [4.78, 5) is 81.8. The van der Waals surface area contributed by atoms with E-state index in [1.165, 1.54) is 26.2 Å².